The molecule has 11 nitrogen and oxygen atoms in total. The third-order valence-electron chi connectivity index (χ3n) is 7.70. The van der Waals surface area contributed by atoms with E-state index in [9.17, 15) is 18.0 Å². The third kappa shape index (κ3) is 11.2. The predicted octanol–water partition coefficient (Wildman–Crippen LogP) is 8.68. The van der Waals surface area contributed by atoms with Crippen molar-refractivity contribution < 1.29 is 32.2 Å². The summed E-state index contributed by atoms with van der Waals surface area (Å²) >= 11 is 36.9. The molecule has 4 atom stereocenters. The number of rotatable bonds is 13. The van der Waals surface area contributed by atoms with E-state index in [2.05, 4.69) is 10.2 Å². The lowest BCUT2D eigenvalue weighted by molar-refractivity contribution is -0.122. The summed E-state index contributed by atoms with van der Waals surface area (Å²) in [6.45, 7) is 2.24. The molecule has 0 saturated heterocycles. The van der Waals surface area contributed by atoms with Gasteiger partial charge in [-0.15, -0.1) is 0 Å². The monoisotopic (exact) mass is 918 g/mol. The molecule has 0 saturated carbocycles. The smallest absolute Gasteiger partial charge is 0.294 e. The van der Waals surface area contributed by atoms with E-state index < -0.39 is 45.6 Å². The molecule has 0 bridgehead atoms. The fourth-order valence-electron chi connectivity index (χ4n) is 5.16. The third-order valence-corrected chi connectivity index (χ3v) is 10.7. The van der Waals surface area contributed by atoms with Crippen molar-refractivity contribution in [2.45, 2.75) is 19.1 Å². The lowest BCUT2D eigenvalue weighted by Gasteiger charge is -2.18. The van der Waals surface area contributed by atoms with Crippen molar-refractivity contribution >= 4 is 126 Å². The van der Waals surface area contributed by atoms with Gasteiger partial charge in [0.05, 0.1) is 39.1 Å². The number of amides is 2. The molecule has 6 rings (SSSR count). The van der Waals surface area contributed by atoms with Crippen LogP contribution in [0, 0.1) is 6.92 Å². The number of ether oxygens (including phenoxy) is 3. The molecule has 0 spiro atoms. The minimum absolute atomic E-state index is 0.0275. The largest absolute Gasteiger partial charge is 0.474 e. The molecule has 0 fully saturated rings. The maximum atomic E-state index is 13.1. The molecule has 2 heterocycles. The highest BCUT2D eigenvalue weighted by molar-refractivity contribution is 7.85. The molecule has 2 aliphatic rings. The number of hydrogen-bond acceptors (Lipinski definition) is 9. The van der Waals surface area contributed by atoms with E-state index >= 15 is 0 Å². The Kier molecular flexibility index (Phi) is 15.6. The number of hydrogen-bond donors (Lipinski definition) is 0. The highest BCUT2D eigenvalue weighted by Crippen LogP contribution is 2.40. The first-order valence-corrected chi connectivity index (χ1v) is 22.1. The molecule has 2 aliphatic heterocycles. The van der Waals surface area contributed by atoms with Crippen LogP contribution in [0.5, 0.6) is 11.5 Å². The van der Waals surface area contributed by atoms with Crippen LogP contribution in [-0.4, -0.2) is 81.1 Å². The van der Waals surface area contributed by atoms with E-state index in [-0.39, 0.29) is 50.4 Å². The van der Waals surface area contributed by atoms with Crippen LogP contribution >= 0.6 is 69.6 Å². The number of para-hydroxylation sites is 1. The van der Waals surface area contributed by atoms with Crippen molar-refractivity contribution in [2.75, 3.05) is 47.2 Å². The zero-order valence-electron chi connectivity index (χ0n) is 29.7. The van der Waals surface area contributed by atoms with Crippen LogP contribution < -0.4 is 19.5 Å². The standard InChI is InChI=1S/C19H17Cl3N2O4S.C18H15Cl3N2O3S/c1-29(26)8-7-27-11-16-18(28-13-5-3-2-4-6-13)19(25)24(23-16)17-14(21)9-12(20)10-15(17)22;1-10-3-5-12(6-4-10)26-17-15(9-27(2)25)22-23(18(17)24)16-13(20)7-11(19)8-14(16)21/h2-6,9-10,18H,7-8,11H2,1H3;3-8,17H,9H2,1-2H3. The Bertz CT molecular complexity index is 2170. The highest BCUT2D eigenvalue weighted by Gasteiger charge is 2.42. The lowest BCUT2D eigenvalue weighted by atomic mass is 10.2. The van der Waals surface area contributed by atoms with E-state index in [1.807, 2.05) is 25.1 Å². The van der Waals surface area contributed by atoms with Crippen LogP contribution in [0.3, 0.4) is 0 Å². The maximum Gasteiger partial charge on any atom is 0.294 e. The Balaban J connectivity index is 0.000000215. The number of hydrazone groups is 2. The molecule has 4 aromatic rings. The van der Waals surface area contributed by atoms with E-state index in [0.29, 0.717) is 38.7 Å². The molecule has 56 heavy (non-hydrogen) atoms. The van der Waals surface area contributed by atoms with E-state index in [0.717, 1.165) is 15.6 Å². The molecular formula is C37H32Cl6N4O7S2. The highest BCUT2D eigenvalue weighted by atomic mass is 35.5. The van der Waals surface area contributed by atoms with E-state index in [4.69, 9.17) is 83.8 Å². The van der Waals surface area contributed by atoms with Gasteiger partial charge in [-0.1, -0.05) is 106 Å². The molecule has 296 valence electrons. The number of halogens is 6. The van der Waals surface area contributed by atoms with Gasteiger partial charge >= 0.3 is 0 Å². The van der Waals surface area contributed by atoms with Crippen LogP contribution in [0.1, 0.15) is 5.56 Å². The van der Waals surface area contributed by atoms with Crippen molar-refractivity contribution in [3.8, 4) is 11.5 Å². The SMILES string of the molecule is CS(=O)CCOCC1=NN(c2c(Cl)cc(Cl)cc2Cl)C(=O)C1Oc1ccccc1.Cc1ccc(OC2C(=O)N(c3c(Cl)cc(Cl)cc3Cl)N=C2CS(C)=O)cc1. The van der Waals surface area contributed by atoms with Gasteiger partial charge < -0.3 is 14.2 Å². The molecule has 0 radical (unpaired) electrons. The van der Waals surface area contributed by atoms with E-state index in [1.54, 1.807) is 42.7 Å². The summed E-state index contributed by atoms with van der Waals surface area (Å²) in [4.78, 5) is 26.1. The van der Waals surface area contributed by atoms with Crippen LogP contribution in [0.15, 0.2) is 89.1 Å². The fraction of sp³-hybridized carbons (Fsp3) is 0.243. The van der Waals surface area contributed by atoms with Crippen molar-refractivity contribution in [1.82, 2.24) is 0 Å². The first kappa shape index (κ1) is 43.9. The normalized spacial score (nSPS) is 17.6. The van der Waals surface area contributed by atoms with Crippen LogP contribution in [0.2, 0.25) is 30.1 Å². The second kappa shape index (κ2) is 20.0. The summed E-state index contributed by atoms with van der Waals surface area (Å²) in [6, 6.07) is 22.0. The van der Waals surface area contributed by atoms with Gasteiger partial charge in [0.2, 0.25) is 12.2 Å². The van der Waals surface area contributed by atoms with Gasteiger partial charge in [0.15, 0.2) is 0 Å². The average molecular weight is 922 g/mol. The van der Waals surface area contributed by atoms with Gasteiger partial charge in [0.1, 0.15) is 34.3 Å². The number of anilines is 2. The van der Waals surface area contributed by atoms with Gasteiger partial charge in [-0.3, -0.25) is 18.0 Å². The fourth-order valence-corrected chi connectivity index (χ4v) is 8.09. The Morgan fingerprint density at radius 1 is 0.643 bits per heavy atom. The molecule has 4 aromatic carbocycles. The number of nitrogens with zero attached hydrogens (tertiary/aromatic N) is 4. The van der Waals surface area contributed by atoms with Gasteiger partial charge in [0.25, 0.3) is 11.8 Å². The first-order valence-electron chi connectivity index (χ1n) is 16.4. The summed E-state index contributed by atoms with van der Waals surface area (Å²) in [5.41, 5.74) is 2.17. The van der Waals surface area contributed by atoms with Gasteiger partial charge in [-0.25, -0.2) is 0 Å². The predicted molar refractivity (Wildman–Crippen MR) is 228 cm³/mol. The van der Waals surface area contributed by atoms with Crippen molar-refractivity contribution in [3.63, 3.8) is 0 Å². The molecule has 0 aromatic heterocycles. The van der Waals surface area contributed by atoms with Crippen LogP contribution in [0.25, 0.3) is 0 Å². The molecular weight excluding hydrogens is 889 g/mol. The summed E-state index contributed by atoms with van der Waals surface area (Å²) < 4.78 is 40.2. The molecule has 4 unspecified atom stereocenters. The van der Waals surface area contributed by atoms with Crippen molar-refractivity contribution in [1.29, 1.82) is 0 Å². The van der Waals surface area contributed by atoms with Crippen molar-refractivity contribution in [2.24, 2.45) is 10.2 Å². The number of carbonyl (C=O) groups excluding carboxylic acids is 2. The van der Waals surface area contributed by atoms with Crippen molar-refractivity contribution in [3.05, 3.63) is 115 Å². The Labute approximate surface area is 358 Å². The molecule has 2 amide bonds. The second-order valence-electron chi connectivity index (χ2n) is 12.1. The Morgan fingerprint density at radius 2 is 1.09 bits per heavy atom. The summed E-state index contributed by atoms with van der Waals surface area (Å²) in [5, 5.41) is 12.2. The Hall–Kier alpha value is -3.24. The topological polar surface area (TPSA) is 127 Å². The summed E-state index contributed by atoms with van der Waals surface area (Å²) in [6.07, 6.45) is 1.10. The number of aryl methyl sites for hydroxylation is 1. The number of benzene rings is 4. The van der Waals surface area contributed by atoms with Crippen LogP contribution in [0.4, 0.5) is 11.4 Å². The molecule has 0 aliphatic carbocycles. The van der Waals surface area contributed by atoms with Gasteiger partial charge in [-0.2, -0.15) is 20.2 Å². The van der Waals surface area contributed by atoms with Gasteiger partial charge in [-0.05, 0) is 55.5 Å². The average Bonchev–Trinajstić information content (AvgIpc) is 3.57. The first-order chi connectivity index (χ1) is 26.6. The van der Waals surface area contributed by atoms with Gasteiger partial charge in [0, 0.05) is 49.9 Å². The Morgan fingerprint density at radius 3 is 1.55 bits per heavy atom. The zero-order chi connectivity index (χ0) is 40.7. The van der Waals surface area contributed by atoms with Crippen LogP contribution in [-0.2, 0) is 35.9 Å². The molecule has 0 N–H and O–H groups in total. The quantitative estimate of drug-likeness (QED) is 0.123. The zero-order valence-corrected chi connectivity index (χ0v) is 35.9. The number of carbonyl (C=O) groups is 2. The lowest BCUT2D eigenvalue weighted by Crippen LogP contribution is -2.38. The molecule has 19 heteroatoms. The summed E-state index contributed by atoms with van der Waals surface area (Å²) in [7, 11) is -2.20. The minimum Gasteiger partial charge on any atom is -0.474 e. The maximum absolute atomic E-state index is 13.1. The summed E-state index contributed by atoms with van der Waals surface area (Å²) in [5.74, 6) is 0.540. The minimum atomic E-state index is -1.22. The van der Waals surface area contributed by atoms with E-state index in [1.165, 1.54) is 30.5 Å². The second-order valence-corrected chi connectivity index (χ2v) is 17.6.